The van der Waals surface area contributed by atoms with E-state index in [1.54, 1.807) is 0 Å². The summed E-state index contributed by atoms with van der Waals surface area (Å²) in [6.45, 7) is 9.07. The molecule has 2 heteroatoms. The summed E-state index contributed by atoms with van der Waals surface area (Å²) in [4.78, 5) is 0. The summed E-state index contributed by atoms with van der Waals surface area (Å²) in [5.41, 5.74) is 2.51. The van der Waals surface area contributed by atoms with Crippen LogP contribution in [0.1, 0.15) is 38.8 Å². The Morgan fingerprint density at radius 3 is 1.05 bits per heavy atom. The quantitative estimate of drug-likeness (QED) is 0.629. The van der Waals surface area contributed by atoms with Crippen molar-refractivity contribution in [2.24, 2.45) is 0 Å². The topological polar surface area (TPSA) is 0 Å². The fourth-order valence-corrected chi connectivity index (χ4v) is 2.71. The summed E-state index contributed by atoms with van der Waals surface area (Å²) >= 11 is 12.0. The van der Waals surface area contributed by atoms with Gasteiger partial charge in [-0.15, -0.1) is 0 Å². The molecule has 0 radical (unpaired) electrons. The smallest absolute Gasteiger partial charge is 0.0406 e. The van der Waals surface area contributed by atoms with E-state index in [1.165, 1.54) is 11.1 Å². The number of halogens is 2. The van der Waals surface area contributed by atoms with Crippen LogP contribution in [0.5, 0.6) is 0 Å². The summed E-state index contributed by atoms with van der Waals surface area (Å²) in [6.07, 6.45) is 0. The zero-order valence-corrected chi connectivity index (χ0v) is 13.9. The van der Waals surface area contributed by atoms with Gasteiger partial charge in [0.15, 0.2) is 0 Å². The third-order valence-corrected chi connectivity index (χ3v) is 5.20. The van der Waals surface area contributed by atoms with Crippen molar-refractivity contribution in [3.05, 3.63) is 69.7 Å². The molecule has 0 aliphatic carbocycles. The van der Waals surface area contributed by atoms with Crippen LogP contribution in [-0.4, -0.2) is 0 Å². The lowest BCUT2D eigenvalue weighted by atomic mass is 9.61. The lowest BCUT2D eigenvalue weighted by molar-refractivity contribution is 0.303. The van der Waals surface area contributed by atoms with E-state index in [9.17, 15) is 0 Å². The molecular formula is C18H20Cl2. The molecule has 0 fully saturated rings. The Morgan fingerprint density at radius 1 is 0.550 bits per heavy atom. The van der Waals surface area contributed by atoms with E-state index in [0.717, 1.165) is 10.0 Å². The van der Waals surface area contributed by atoms with Gasteiger partial charge in [-0.3, -0.25) is 0 Å². The maximum Gasteiger partial charge on any atom is 0.0406 e. The Hall–Kier alpha value is -0.980. The van der Waals surface area contributed by atoms with Crippen molar-refractivity contribution in [1.82, 2.24) is 0 Å². The average molecular weight is 307 g/mol. The van der Waals surface area contributed by atoms with Crippen molar-refractivity contribution in [2.75, 3.05) is 0 Å². The minimum atomic E-state index is -0.0224. The normalized spacial score (nSPS) is 12.5. The molecule has 0 unspecified atom stereocenters. The number of benzene rings is 2. The van der Waals surface area contributed by atoms with Gasteiger partial charge < -0.3 is 0 Å². The summed E-state index contributed by atoms with van der Waals surface area (Å²) in [5.74, 6) is 0. The minimum absolute atomic E-state index is 0.0224. The molecule has 0 saturated carbocycles. The highest BCUT2D eigenvalue weighted by Crippen LogP contribution is 2.44. The van der Waals surface area contributed by atoms with Gasteiger partial charge in [-0.2, -0.15) is 0 Å². The van der Waals surface area contributed by atoms with Crippen molar-refractivity contribution >= 4 is 23.2 Å². The van der Waals surface area contributed by atoms with Gasteiger partial charge >= 0.3 is 0 Å². The molecule has 0 bridgehead atoms. The maximum atomic E-state index is 6.00. The first-order valence-electron chi connectivity index (χ1n) is 6.77. The largest absolute Gasteiger partial charge is 0.0843 e. The molecule has 0 spiro atoms. The molecule has 0 nitrogen and oxygen atoms in total. The van der Waals surface area contributed by atoms with Gasteiger partial charge in [0.1, 0.15) is 0 Å². The molecule has 0 aliphatic heterocycles. The molecule has 20 heavy (non-hydrogen) atoms. The van der Waals surface area contributed by atoms with E-state index in [2.05, 4.69) is 52.0 Å². The Bertz CT molecular complexity index is 522. The van der Waals surface area contributed by atoms with Crippen molar-refractivity contribution in [3.8, 4) is 0 Å². The SMILES string of the molecule is CC(C)(c1ccc(Cl)cc1)C(C)(C)c1ccc(Cl)cc1. The van der Waals surface area contributed by atoms with Crippen molar-refractivity contribution in [2.45, 2.75) is 38.5 Å². The number of hydrogen-bond donors (Lipinski definition) is 0. The van der Waals surface area contributed by atoms with Gasteiger partial charge in [0, 0.05) is 10.0 Å². The first-order valence-corrected chi connectivity index (χ1v) is 7.53. The lowest BCUT2D eigenvalue weighted by Gasteiger charge is -2.43. The predicted octanol–water partition coefficient (Wildman–Crippen LogP) is 6.25. The average Bonchev–Trinajstić information content (AvgIpc) is 2.39. The van der Waals surface area contributed by atoms with E-state index in [4.69, 9.17) is 23.2 Å². The third kappa shape index (κ3) is 2.73. The highest BCUT2D eigenvalue weighted by atomic mass is 35.5. The van der Waals surface area contributed by atoms with E-state index in [0.29, 0.717) is 0 Å². The first-order chi connectivity index (χ1) is 9.25. The second-order valence-electron chi connectivity index (χ2n) is 6.26. The van der Waals surface area contributed by atoms with Gasteiger partial charge in [-0.05, 0) is 46.2 Å². The molecular weight excluding hydrogens is 287 g/mol. The molecule has 106 valence electrons. The van der Waals surface area contributed by atoms with Crippen LogP contribution < -0.4 is 0 Å². The van der Waals surface area contributed by atoms with Gasteiger partial charge in [-0.1, -0.05) is 75.2 Å². The van der Waals surface area contributed by atoms with Gasteiger partial charge in [-0.25, -0.2) is 0 Å². The zero-order valence-electron chi connectivity index (χ0n) is 12.4. The molecule has 0 heterocycles. The van der Waals surface area contributed by atoms with Crippen LogP contribution in [0.3, 0.4) is 0 Å². The summed E-state index contributed by atoms with van der Waals surface area (Å²) in [5, 5.41) is 1.54. The summed E-state index contributed by atoms with van der Waals surface area (Å²) in [6, 6.07) is 16.3. The summed E-state index contributed by atoms with van der Waals surface area (Å²) in [7, 11) is 0. The molecule has 0 saturated heterocycles. The van der Waals surface area contributed by atoms with Crippen LogP contribution in [0, 0.1) is 0 Å². The number of rotatable bonds is 3. The molecule has 0 aliphatic rings. The Balaban J connectivity index is 2.45. The van der Waals surface area contributed by atoms with Crippen molar-refractivity contribution in [3.63, 3.8) is 0 Å². The highest BCUT2D eigenvalue weighted by molar-refractivity contribution is 6.30. The molecule has 2 rings (SSSR count). The van der Waals surface area contributed by atoms with Crippen LogP contribution in [0.15, 0.2) is 48.5 Å². The molecule has 0 amide bonds. The van der Waals surface area contributed by atoms with Crippen molar-refractivity contribution in [1.29, 1.82) is 0 Å². The molecule has 0 N–H and O–H groups in total. The standard InChI is InChI=1S/C18H20Cl2/c1-17(2,13-5-9-15(19)10-6-13)18(3,4)14-7-11-16(20)12-8-14/h5-12H,1-4H3. The van der Waals surface area contributed by atoms with E-state index in [1.807, 2.05) is 24.3 Å². The fraction of sp³-hybridized carbons (Fsp3) is 0.333. The Morgan fingerprint density at radius 2 is 0.800 bits per heavy atom. The second kappa shape index (κ2) is 5.42. The summed E-state index contributed by atoms with van der Waals surface area (Å²) < 4.78 is 0. The number of hydrogen-bond acceptors (Lipinski definition) is 0. The minimum Gasteiger partial charge on any atom is -0.0843 e. The van der Waals surface area contributed by atoms with Crippen LogP contribution in [0.2, 0.25) is 10.0 Å². The lowest BCUT2D eigenvalue weighted by Crippen LogP contribution is -2.40. The molecule has 2 aromatic rings. The van der Waals surface area contributed by atoms with Gasteiger partial charge in [0.25, 0.3) is 0 Å². The van der Waals surface area contributed by atoms with E-state index >= 15 is 0 Å². The van der Waals surface area contributed by atoms with Crippen LogP contribution in [0.4, 0.5) is 0 Å². The fourth-order valence-electron chi connectivity index (χ4n) is 2.45. The maximum absolute atomic E-state index is 6.00. The molecule has 2 aromatic carbocycles. The van der Waals surface area contributed by atoms with Crippen LogP contribution in [0.25, 0.3) is 0 Å². The molecule has 0 aromatic heterocycles. The monoisotopic (exact) mass is 306 g/mol. The Labute approximate surface area is 131 Å². The predicted molar refractivity (Wildman–Crippen MR) is 89.0 cm³/mol. The first kappa shape index (κ1) is 15.4. The second-order valence-corrected chi connectivity index (χ2v) is 7.14. The van der Waals surface area contributed by atoms with Crippen LogP contribution in [-0.2, 0) is 10.8 Å². The Kier molecular flexibility index (Phi) is 4.18. The van der Waals surface area contributed by atoms with Crippen molar-refractivity contribution < 1.29 is 0 Å². The van der Waals surface area contributed by atoms with Crippen LogP contribution >= 0.6 is 23.2 Å². The third-order valence-electron chi connectivity index (χ3n) is 4.69. The highest BCUT2D eigenvalue weighted by Gasteiger charge is 2.39. The zero-order chi connectivity index (χ0) is 15.0. The molecule has 0 atom stereocenters. The van der Waals surface area contributed by atoms with Gasteiger partial charge in [0.2, 0.25) is 0 Å². The van der Waals surface area contributed by atoms with E-state index < -0.39 is 0 Å². The van der Waals surface area contributed by atoms with Gasteiger partial charge in [0.05, 0.1) is 0 Å². The van der Waals surface area contributed by atoms with E-state index in [-0.39, 0.29) is 10.8 Å².